The van der Waals surface area contributed by atoms with Crippen molar-refractivity contribution in [2.45, 2.75) is 44.6 Å². The first-order valence-corrected chi connectivity index (χ1v) is 5.24. The Morgan fingerprint density at radius 1 is 1.54 bits per heavy atom. The molecule has 0 radical (unpaired) electrons. The molecule has 2 fully saturated rings. The van der Waals surface area contributed by atoms with Crippen LogP contribution in [0, 0.1) is 11.8 Å². The van der Waals surface area contributed by atoms with Crippen LogP contribution in [-0.4, -0.2) is 18.5 Å². The number of fused-ring (bicyclic) bond motifs is 1. The molecule has 2 aliphatic rings. The summed E-state index contributed by atoms with van der Waals surface area (Å²) in [6, 6.07) is 0. The lowest BCUT2D eigenvalue weighted by molar-refractivity contribution is -0.00202. The van der Waals surface area contributed by atoms with Crippen molar-refractivity contribution in [3.8, 4) is 0 Å². The number of halogens is 2. The molecule has 0 heterocycles. The molecule has 0 bridgehead atoms. The Bertz CT molecular complexity index is 191. The van der Waals surface area contributed by atoms with Gasteiger partial charge in [0, 0.05) is 0 Å². The lowest BCUT2D eigenvalue weighted by atomic mass is 9.81. The Hall–Kier alpha value is -0.180. The Morgan fingerprint density at radius 2 is 2.31 bits per heavy atom. The van der Waals surface area contributed by atoms with Crippen LogP contribution < -0.4 is 5.32 Å². The Balaban J connectivity index is 2.11. The van der Waals surface area contributed by atoms with Crippen molar-refractivity contribution in [2.24, 2.45) is 11.8 Å². The Morgan fingerprint density at radius 3 is 2.92 bits per heavy atom. The van der Waals surface area contributed by atoms with Gasteiger partial charge in [-0.2, -0.15) is 0 Å². The standard InChI is InChI=1S/C10H17F2N/c1-2-13-10(9(11)12)5-3-4-7-6-8(7)10/h7-9,13H,2-6H2,1H3. The van der Waals surface area contributed by atoms with Crippen molar-refractivity contribution >= 4 is 0 Å². The van der Waals surface area contributed by atoms with Crippen molar-refractivity contribution in [3.63, 3.8) is 0 Å². The van der Waals surface area contributed by atoms with Gasteiger partial charge in [-0.15, -0.1) is 0 Å². The van der Waals surface area contributed by atoms with E-state index in [-0.39, 0.29) is 5.92 Å². The van der Waals surface area contributed by atoms with E-state index < -0.39 is 12.0 Å². The number of nitrogens with one attached hydrogen (secondary N) is 1. The van der Waals surface area contributed by atoms with Crippen molar-refractivity contribution in [2.75, 3.05) is 6.54 Å². The highest BCUT2D eigenvalue weighted by Crippen LogP contribution is 2.56. The average molecular weight is 189 g/mol. The van der Waals surface area contributed by atoms with Gasteiger partial charge in [-0.3, -0.25) is 0 Å². The van der Waals surface area contributed by atoms with Crippen LogP contribution in [0.3, 0.4) is 0 Å². The van der Waals surface area contributed by atoms with Crippen LogP contribution in [0.15, 0.2) is 0 Å². The second kappa shape index (κ2) is 3.19. The predicted molar refractivity (Wildman–Crippen MR) is 47.9 cm³/mol. The van der Waals surface area contributed by atoms with E-state index in [9.17, 15) is 8.78 Å². The smallest absolute Gasteiger partial charge is 0.256 e. The van der Waals surface area contributed by atoms with Crippen molar-refractivity contribution < 1.29 is 8.78 Å². The molecule has 13 heavy (non-hydrogen) atoms. The molecule has 1 N–H and O–H groups in total. The van der Waals surface area contributed by atoms with Crippen molar-refractivity contribution in [1.82, 2.24) is 5.32 Å². The largest absolute Gasteiger partial charge is 0.306 e. The van der Waals surface area contributed by atoms with Gasteiger partial charge in [0.15, 0.2) is 0 Å². The Labute approximate surface area is 77.9 Å². The summed E-state index contributed by atoms with van der Waals surface area (Å²) in [5.74, 6) is 0.864. The number of rotatable bonds is 3. The lowest BCUT2D eigenvalue weighted by Gasteiger charge is -2.37. The Kier molecular flexibility index (Phi) is 2.30. The minimum absolute atomic E-state index is 0.265. The van der Waals surface area contributed by atoms with Crippen LogP contribution in [0.4, 0.5) is 8.78 Å². The molecule has 2 aliphatic carbocycles. The number of hydrogen-bond donors (Lipinski definition) is 1. The predicted octanol–water partition coefficient (Wildman–Crippen LogP) is 2.42. The summed E-state index contributed by atoms with van der Waals surface area (Å²) in [5.41, 5.74) is -0.822. The van der Waals surface area contributed by atoms with Gasteiger partial charge in [-0.1, -0.05) is 19.8 Å². The quantitative estimate of drug-likeness (QED) is 0.719. The van der Waals surface area contributed by atoms with E-state index in [1.165, 1.54) is 6.42 Å². The minimum atomic E-state index is -2.19. The maximum Gasteiger partial charge on any atom is 0.256 e. The fourth-order valence-electron chi connectivity index (χ4n) is 2.94. The monoisotopic (exact) mass is 189 g/mol. The van der Waals surface area contributed by atoms with E-state index in [1.807, 2.05) is 6.92 Å². The van der Waals surface area contributed by atoms with Gasteiger partial charge >= 0.3 is 0 Å². The molecule has 3 unspecified atom stereocenters. The van der Waals surface area contributed by atoms with Crippen LogP contribution in [0.5, 0.6) is 0 Å². The molecule has 0 saturated heterocycles. The van der Waals surface area contributed by atoms with Gasteiger partial charge in [0.25, 0.3) is 6.43 Å². The highest BCUT2D eigenvalue weighted by molar-refractivity contribution is 5.10. The maximum atomic E-state index is 13.0. The third-order valence-electron chi connectivity index (χ3n) is 3.64. The summed E-state index contributed by atoms with van der Waals surface area (Å²) in [4.78, 5) is 0. The number of alkyl halides is 2. The van der Waals surface area contributed by atoms with E-state index in [2.05, 4.69) is 5.32 Å². The normalized spacial score (nSPS) is 43.4. The zero-order valence-corrected chi connectivity index (χ0v) is 8.02. The lowest BCUT2D eigenvalue weighted by Crippen LogP contribution is -2.54. The van der Waals surface area contributed by atoms with Crippen LogP contribution in [-0.2, 0) is 0 Å². The molecule has 0 aliphatic heterocycles. The second-order valence-electron chi connectivity index (χ2n) is 4.37. The molecule has 0 spiro atoms. The number of hydrogen-bond acceptors (Lipinski definition) is 1. The van der Waals surface area contributed by atoms with Gasteiger partial charge in [-0.05, 0) is 31.2 Å². The first kappa shape index (κ1) is 9.38. The highest BCUT2D eigenvalue weighted by Gasteiger charge is 2.58. The highest BCUT2D eigenvalue weighted by atomic mass is 19.3. The maximum absolute atomic E-state index is 13.0. The van der Waals surface area contributed by atoms with Crippen LogP contribution >= 0.6 is 0 Å². The molecular formula is C10H17F2N. The molecule has 2 rings (SSSR count). The van der Waals surface area contributed by atoms with Gasteiger partial charge in [-0.25, -0.2) is 8.78 Å². The van der Waals surface area contributed by atoms with Gasteiger partial charge in [0.05, 0.1) is 5.54 Å². The molecule has 0 amide bonds. The summed E-state index contributed by atoms with van der Waals surface area (Å²) in [6.45, 7) is 2.57. The third-order valence-corrected chi connectivity index (χ3v) is 3.64. The topological polar surface area (TPSA) is 12.0 Å². The van der Waals surface area contributed by atoms with Gasteiger partial charge < -0.3 is 5.32 Å². The second-order valence-corrected chi connectivity index (χ2v) is 4.37. The van der Waals surface area contributed by atoms with E-state index in [1.54, 1.807) is 0 Å². The molecule has 3 heteroatoms. The first-order valence-electron chi connectivity index (χ1n) is 5.24. The summed E-state index contributed by atoms with van der Waals surface area (Å²) < 4.78 is 26.0. The summed E-state index contributed by atoms with van der Waals surface area (Å²) in [6.07, 6.45) is 1.64. The molecule has 0 aromatic heterocycles. The molecule has 3 atom stereocenters. The third kappa shape index (κ3) is 1.37. The summed E-state index contributed by atoms with van der Waals surface area (Å²) in [5, 5.41) is 3.04. The average Bonchev–Trinajstić information content (AvgIpc) is 2.84. The summed E-state index contributed by atoms with van der Waals surface area (Å²) in [7, 11) is 0. The van der Waals surface area contributed by atoms with Gasteiger partial charge in [0.2, 0.25) is 0 Å². The molecule has 2 saturated carbocycles. The minimum Gasteiger partial charge on any atom is -0.306 e. The molecule has 0 aromatic rings. The fraction of sp³-hybridized carbons (Fsp3) is 1.00. The fourth-order valence-corrected chi connectivity index (χ4v) is 2.94. The van der Waals surface area contributed by atoms with E-state index in [4.69, 9.17) is 0 Å². The van der Waals surface area contributed by atoms with E-state index >= 15 is 0 Å². The molecular weight excluding hydrogens is 172 g/mol. The molecule has 1 nitrogen and oxygen atoms in total. The summed E-state index contributed by atoms with van der Waals surface area (Å²) >= 11 is 0. The zero-order valence-electron chi connectivity index (χ0n) is 8.02. The first-order chi connectivity index (χ1) is 6.20. The zero-order chi connectivity index (χ0) is 9.47. The van der Waals surface area contributed by atoms with Crippen LogP contribution in [0.25, 0.3) is 0 Å². The van der Waals surface area contributed by atoms with Crippen LogP contribution in [0.2, 0.25) is 0 Å². The molecule has 76 valence electrons. The molecule has 0 aromatic carbocycles. The van der Waals surface area contributed by atoms with Gasteiger partial charge in [0.1, 0.15) is 0 Å². The van der Waals surface area contributed by atoms with Crippen molar-refractivity contribution in [3.05, 3.63) is 0 Å². The van der Waals surface area contributed by atoms with E-state index in [0.717, 1.165) is 12.8 Å². The van der Waals surface area contributed by atoms with E-state index in [0.29, 0.717) is 18.9 Å². The SMILES string of the molecule is CCNC1(C(F)F)CCCC2CC21. The van der Waals surface area contributed by atoms with Crippen LogP contribution in [0.1, 0.15) is 32.6 Å². The van der Waals surface area contributed by atoms with Crippen molar-refractivity contribution in [1.29, 1.82) is 0 Å².